The Labute approximate surface area is 144 Å². The Morgan fingerprint density at radius 1 is 1.35 bits per heavy atom. The van der Waals surface area contributed by atoms with Gasteiger partial charge in [0.05, 0.1) is 18.2 Å². The molecule has 128 valence electrons. The van der Waals surface area contributed by atoms with Crippen LogP contribution in [0.2, 0.25) is 0 Å². The molecule has 2 N–H and O–H groups in total. The van der Waals surface area contributed by atoms with E-state index in [1.54, 1.807) is 13.0 Å². The van der Waals surface area contributed by atoms with Gasteiger partial charge in [0.2, 0.25) is 0 Å². The zero-order chi connectivity index (χ0) is 17.6. The third-order valence-electron chi connectivity index (χ3n) is 3.55. The molecule has 7 heteroatoms. The molecular formula is C16H22BrNO5. The van der Waals surface area contributed by atoms with Crippen LogP contribution in [0, 0.1) is 5.92 Å². The molecule has 0 spiro atoms. The van der Waals surface area contributed by atoms with Crippen molar-refractivity contribution in [2.24, 2.45) is 5.92 Å². The predicted octanol–water partition coefficient (Wildman–Crippen LogP) is 3.09. The number of hydrogen-bond acceptors (Lipinski definition) is 4. The molecule has 0 aliphatic carbocycles. The molecule has 1 amide bonds. The van der Waals surface area contributed by atoms with Gasteiger partial charge in [0.15, 0.2) is 11.5 Å². The van der Waals surface area contributed by atoms with E-state index in [-0.39, 0.29) is 5.92 Å². The number of nitrogens with one attached hydrogen (secondary N) is 1. The Morgan fingerprint density at radius 2 is 2.00 bits per heavy atom. The maximum Gasteiger partial charge on any atom is 0.326 e. The normalized spacial score (nSPS) is 13.1. The van der Waals surface area contributed by atoms with E-state index in [0.717, 1.165) is 0 Å². The van der Waals surface area contributed by atoms with Gasteiger partial charge in [0.25, 0.3) is 5.91 Å². The van der Waals surface area contributed by atoms with Crippen LogP contribution in [-0.4, -0.2) is 36.7 Å². The second-order valence-electron chi connectivity index (χ2n) is 5.10. The lowest BCUT2D eigenvalue weighted by atomic mass is 9.99. The number of benzene rings is 1. The summed E-state index contributed by atoms with van der Waals surface area (Å²) in [4.78, 5) is 23.7. The first-order valence-electron chi connectivity index (χ1n) is 7.39. The number of halogens is 1. The van der Waals surface area contributed by atoms with Crippen molar-refractivity contribution in [3.05, 3.63) is 22.2 Å². The van der Waals surface area contributed by atoms with Crippen LogP contribution < -0.4 is 14.8 Å². The first-order chi connectivity index (χ1) is 10.8. The summed E-state index contributed by atoms with van der Waals surface area (Å²) in [6.45, 7) is 5.96. The fourth-order valence-electron chi connectivity index (χ4n) is 2.04. The van der Waals surface area contributed by atoms with E-state index in [0.29, 0.717) is 34.6 Å². The van der Waals surface area contributed by atoms with Gasteiger partial charge in [-0.2, -0.15) is 0 Å². The van der Waals surface area contributed by atoms with E-state index in [1.807, 2.05) is 13.8 Å². The van der Waals surface area contributed by atoms with Crippen molar-refractivity contribution in [3.63, 3.8) is 0 Å². The molecule has 0 saturated heterocycles. The largest absolute Gasteiger partial charge is 0.493 e. The van der Waals surface area contributed by atoms with Gasteiger partial charge in [0.1, 0.15) is 6.04 Å². The van der Waals surface area contributed by atoms with Crippen molar-refractivity contribution in [1.29, 1.82) is 0 Å². The summed E-state index contributed by atoms with van der Waals surface area (Å²) in [7, 11) is 1.48. The molecule has 2 unspecified atom stereocenters. The van der Waals surface area contributed by atoms with Crippen LogP contribution in [-0.2, 0) is 4.79 Å². The van der Waals surface area contributed by atoms with E-state index in [1.165, 1.54) is 13.2 Å². The topological polar surface area (TPSA) is 84.9 Å². The van der Waals surface area contributed by atoms with Gasteiger partial charge in [-0.3, -0.25) is 4.79 Å². The third-order valence-corrected chi connectivity index (χ3v) is 4.13. The number of rotatable bonds is 8. The second kappa shape index (κ2) is 8.76. The summed E-state index contributed by atoms with van der Waals surface area (Å²) in [5, 5.41) is 11.8. The summed E-state index contributed by atoms with van der Waals surface area (Å²) in [6.07, 6.45) is 0.646. The van der Waals surface area contributed by atoms with Gasteiger partial charge in [-0.25, -0.2) is 4.79 Å². The quantitative estimate of drug-likeness (QED) is 0.715. The number of methoxy groups -OCH3 is 1. The van der Waals surface area contributed by atoms with E-state index in [2.05, 4.69) is 21.2 Å². The highest BCUT2D eigenvalue weighted by Crippen LogP contribution is 2.36. The Morgan fingerprint density at radius 3 is 2.48 bits per heavy atom. The van der Waals surface area contributed by atoms with Crippen molar-refractivity contribution in [1.82, 2.24) is 5.32 Å². The molecule has 23 heavy (non-hydrogen) atoms. The van der Waals surface area contributed by atoms with Gasteiger partial charge in [-0.1, -0.05) is 20.3 Å². The number of amides is 1. The van der Waals surface area contributed by atoms with E-state index >= 15 is 0 Å². The molecule has 0 saturated carbocycles. The minimum absolute atomic E-state index is 0.176. The first-order valence-corrected chi connectivity index (χ1v) is 8.18. The highest BCUT2D eigenvalue weighted by molar-refractivity contribution is 9.10. The maximum absolute atomic E-state index is 12.4. The number of aliphatic carboxylic acids is 1. The molecule has 0 bridgehead atoms. The molecule has 1 rings (SSSR count). The number of carboxylic acid groups (broad SMARTS) is 1. The van der Waals surface area contributed by atoms with E-state index < -0.39 is 17.9 Å². The van der Waals surface area contributed by atoms with E-state index in [4.69, 9.17) is 9.47 Å². The van der Waals surface area contributed by atoms with Crippen molar-refractivity contribution in [3.8, 4) is 11.5 Å². The molecule has 0 aliphatic rings. The highest BCUT2D eigenvalue weighted by Gasteiger charge is 2.26. The smallest absolute Gasteiger partial charge is 0.326 e. The fourth-order valence-corrected chi connectivity index (χ4v) is 2.60. The summed E-state index contributed by atoms with van der Waals surface area (Å²) >= 11 is 3.34. The maximum atomic E-state index is 12.4. The third kappa shape index (κ3) is 4.86. The molecule has 0 fully saturated rings. The summed E-state index contributed by atoms with van der Waals surface area (Å²) in [5.41, 5.74) is 0.298. The standard InChI is InChI=1S/C16H22BrNO5/c1-5-9(3)13(16(20)21)18-15(19)10-7-11(17)14(23-6-2)12(8-10)22-4/h7-9,13H,5-6H2,1-4H3,(H,18,19)(H,20,21). The molecule has 2 atom stereocenters. The predicted molar refractivity (Wildman–Crippen MR) is 90.2 cm³/mol. The zero-order valence-electron chi connectivity index (χ0n) is 13.7. The Balaban J connectivity index is 3.08. The average molecular weight is 388 g/mol. The SMILES string of the molecule is CCOc1c(Br)cc(C(=O)NC(C(=O)O)C(C)CC)cc1OC. The number of carboxylic acids is 1. The van der Waals surface area contributed by atoms with Crippen LogP contribution in [0.15, 0.2) is 16.6 Å². The fraction of sp³-hybridized carbons (Fsp3) is 0.500. The first kappa shape index (κ1) is 19.3. The molecule has 1 aromatic carbocycles. The van der Waals surface area contributed by atoms with Crippen LogP contribution in [0.3, 0.4) is 0 Å². The molecule has 1 aromatic rings. The molecule has 0 radical (unpaired) electrons. The molecule has 6 nitrogen and oxygen atoms in total. The Hall–Kier alpha value is -1.76. The number of carbonyl (C=O) groups excluding carboxylic acids is 1. The number of hydrogen-bond donors (Lipinski definition) is 2. The molecular weight excluding hydrogens is 366 g/mol. The lowest BCUT2D eigenvalue weighted by Crippen LogP contribution is -2.45. The number of ether oxygens (including phenoxy) is 2. The van der Waals surface area contributed by atoms with Gasteiger partial charge in [-0.15, -0.1) is 0 Å². The van der Waals surface area contributed by atoms with Crippen LogP contribution >= 0.6 is 15.9 Å². The Kier molecular flexibility index (Phi) is 7.35. The minimum Gasteiger partial charge on any atom is -0.493 e. The average Bonchev–Trinajstić information content (AvgIpc) is 2.52. The van der Waals surface area contributed by atoms with E-state index in [9.17, 15) is 14.7 Å². The van der Waals surface area contributed by atoms with Crippen LogP contribution in [0.1, 0.15) is 37.6 Å². The van der Waals surface area contributed by atoms with Gasteiger partial charge < -0.3 is 19.9 Å². The lowest BCUT2D eigenvalue weighted by molar-refractivity contribution is -0.140. The molecule has 0 aliphatic heterocycles. The van der Waals surface area contributed by atoms with Crippen molar-refractivity contribution < 1.29 is 24.2 Å². The molecule has 0 aromatic heterocycles. The highest BCUT2D eigenvalue weighted by atomic mass is 79.9. The second-order valence-corrected chi connectivity index (χ2v) is 5.95. The van der Waals surface area contributed by atoms with Crippen molar-refractivity contribution in [2.75, 3.05) is 13.7 Å². The summed E-state index contributed by atoms with van der Waals surface area (Å²) < 4.78 is 11.3. The van der Waals surface area contributed by atoms with Crippen LogP contribution in [0.25, 0.3) is 0 Å². The van der Waals surface area contributed by atoms with Crippen LogP contribution in [0.5, 0.6) is 11.5 Å². The van der Waals surface area contributed by atoms with Gasteiger partial charge in [-0.05, 0) is 40.9 Å². The lowest BCUT2D eigenvalue weighted by Gasteiger charge is -2.20. The van der Waals surface area contributed by atoms with Gasteiger partial charge in [0, 0.05) is 5.56 Å². The van der Waals surface area contributed by atoms with Crippen molar-refractivity contribution >= 4 is 27.8 Å². The summed E-state index contributed by atoms with van der Waals surface area (Å²) in [5.74, 6) is -0.793. The minimum atomic E-state index is -1.05. The number of carbonyl (C=O) groups is 2. The summed E-state index contributed by atoms with van der Waals surface area (Å²) in [6, 6.07) is 2.17. The van der Waals surface area contributed by atoms with Crippen molar-refractivity contribution in [2.45, 2.75) is 33.2 Å². The zero-order valence-corrected chi connectivity index (χ0v) is 15.3. The molecule has 0 heterocycles. The Bertz CT molecular complexity index is 576. The van der Waals surface area contributed by atoms with Gasteiger partial charge >= 0.3 is 5.97 Å². The monoisotopic (exact) mass is 387 g/mol. The van der Waals surface area contributed by atoms with Crippen LogP contribution in [0.4, 0.5) is 0 Å².